The second-order valence-corrected chi connectivity index (χ2v) is 6.11. The second kappa shape index (κ2) is 5.21. The molecule has 1 aromatic rings. The van der Waals surface area contributed by atoms with E-state index in [2.05, 4.69) is 10.3 Å². The van der Waals surface area contributed by atoms with Gasteiger partial charge in [-0.1, -0.05) is 0 Å². The van der Waals surface area contributed by atoms with Crippen molar-refractivity contribution in [3.8, 4) is 0 Å². The topological polar surface area (TPSA) is 82.5 Å². The molecule has 2 N–H and O–H groups in total. The predicted octanol–water partition coefficient (Wildman–Crippen LogP) is 0.269. The summed E-state index contributed by atoms with van der Waals surface area (Å²) in [7, 11) is -1.85. The summed E-state index contributed by atoms with van der Waals surface area (Å²) in [5.74, 6) is 0.510. The standard InChI is InChI=1S/C11H17N3O3S/c1-12-11-7-10(4-5-13-11)18(16,17)14-6-2-3-9(14)8-15/h4-5,7,9,15H,2-3,6,8H2,1H3,(H,12,13). The van der Waals surface area contributed by atoms with Gasteiger partial charge in [-0.2, -0.15) is 4.31 Å². The maximum Gasteiger partial charge on any atom is 0.243 e. The number of sulfonamides is 1. The first-order valence-corrected chi connectivity index (χ1v) is 7.30. The van der Waals surface area contributed by atoms with Crippen molar-refractivity contribution in [1.29, 1.82) is 0 Å². The minimum absolute atomic E-state index is 0.136. The average Bonchev–Trinajstić information content (AvgIpc) is 2.88. The van der Waals surface area contributed by atoms with E-state index >= 15 is 0 Å². The van der Waals surface area contributed by atoms with Gasteiger partial charge in [-0.05, 0) is 18.9 Å². The molecule has 2 rings (SSSR count). The van der Waals surface area contributed by atoms with Gasteiger partial charge >= 0.3 is 0 Å². The van der Waals surface area contributed by atoms with Gasteiger partial charge in [0.25, 0.3) is 0 Å². The minimum Gasteiger partial charge on any atom is -0.395 e. The first-order chi connectivity index (χ1) is 8.59. The number of nitrogens with one attached hydrogen (secondary N) is 1. The summed E-state index contributed by atoms with van der Waals surface area (Å²) in [4.78, 5) is 4.20. The quantitative estimate of drug-likeness (QED) is 0.821. The highest BCUT2D eigenvalue weighted by molar-refractivity contribution is 7.89. The fourth-order valence-electron chi connectivity index (χ4n) is 2.15. The summed E-state index contributed by atoms with van der Waals surface area (Å²) < 4.78 is 26.2. The van der Waals surface area contributed by atoms with Gasteiger partial charge in [-0.15, -0.1) is 0 Å². The lowest BCUT2D eigenvalue weighted by Crippen LogP contribution is -2.37. The molecule has 0 bridgehead atoms. The van der Waals surface area contributed by atoms with E-state index in [1.807, 2.05) is 0 Å². The van der Waals surface area contributed by atoms with Crippen LogP contribution in [-0.2, 0) is 10.0 Å². The molecule has 7 heteroatoms. The van der Waals surface area contributed by atoms with Gasteiger partial charge in [-0.3, -0.25) is 0 Å². The summed E-state index contributed by atoms with van der Waals surface area (Å²) >= 11 is 0. The Balaban J connectivity index is 2.35. The third-order valence-electron chi connectivity index (χ3n) is 3.13. The first kappa shape index (κ1) is 13.3. The molecule has 6 nitrogen and oxygen atoms in total. The van der Waals surface area contributed by atoms with E-state index in [1.54, 1.807) is 7.05 Å². The van der Waals surface area contributed by atoms with Crippen LogP contribution in [0.25, 0.3) is 0 Å². The van der Waals surface area contributed by atoms with E-state index in [0.29, 0.717) is 18.8 Å². The number of aromatic nitrogens is 1. The Morgan fingerprint density at radius 1 is 1.61 bits per heavy atom. The van der Waals surface area contributed by atoms with E-state index in [9.17, 15) is 13.5 Å². The zero-order valence-electron chi connectivity index (χ0n) is 10.2. The molecule has 0 amide bonds. The van der Waals surface area contributed by atoms with Gasteiger partial charge < -0.3 is 10.4 Å². The molecular formula is C11H17N3O3S. The molecule has 1 fully saturated rings. The summed E-state index contributed by atoms with van der Waals surface area (Å²) in [6.45, 7) is 0.327. The molecule has 1 aromatic heterocycles. The number of aliphatic hydroxyl groups is 1. The van der Waals surface area contributed by atoms with Gasteiger partial charge in [0.05, 0.1) is 11.5 Å². The predicted molar refractivity (Wildman–Crippen MR) is 67.8 cm³/mol. The van der Waals surface area contributed by atoms with Crippen LogP contribution in [-0.4, -0.2) is 49.1 Å². The highest BCUT2D eigenvalue weighted by atomic mass is 32.2. The van der Waals surface area contributed by atoms with Crippen molar-refractivity contribution >= 4 is 15.8 Å². The average molecular weight is 271 g/mol. The zero-order chi connectivity index (χ0) is 13.2. The molecule has 0 aliphatic carbocycles. The van der Waals surface area contributed by atoms with Gasteiger partial charge in [0, 0.05) is 31.9 Å². The number of hydrogen-bond donors (Lipinski definition) is 2. The Morgan fingerprint density at radius 3 is 3.06 bits per heavy atom. The minimum atomic E-state index is -3.54. The number of hydrogen-bond acceptors (Lipinski definition) is 5. The molecule has 1 saturated heterocycles. The lowest BCUT2D eigenvalue weighted by Gasteiger charge is -2.22. The van der Waals surface area contributed by atoms with Gasteiger partial charge in [0.2, 0.25) is 10.0 Å². The van der Waals surface area contributed by atoms with Gasteiger partial charge in [0.15, 0.2) is 0 Å². The monoisotopic (exact) mass is 271 g/mol. The van der Waals surface area contributed by atoms with Crippen LogP contribution >= 0.6 is 0 Å². The Hall–Kier alpha value is -1.18. The molecule has 0 aromatic carbocycles. The van der Waals surface area contributed by atoms with Crippen molar-refractivity contribution in [3.05, 3.63) is 18.3 Å². The second-order valence-electron chi connectivity index (χ2n) is 4.22. The number of anilines is 1. The highest BCUT2D eigenvalue weighted by Crippen LogP contribution is 2.26. The van der Waals surface area contributed by atoms with Crippen LogP contribution < -0.4 is 5.32 Å². The van der Waals surface area contributed by atoms with E-state index in [4.69, 9.17) is 0 Å². The summed E-state index contributed by atoms with van der Waals surface area (Å²) in [5, 5.41) is 12.0. The van der Waals surface area contributed by atoms with Crippen LogP contribution in [0, 0.1) is 0 Å². The number of pyridine rings is 1. The van der Waals surface area contributed by atoms with E-state index in [0.717, 1.165) is 6.42 Å². The van der Waals surface area contributed by atoms with Crippen LogP contribution in [0.2, 0.25) is 0 Å². The summed E-state index contributed by atoms with van der Waals surface area (Å²) in [5.41, 5.74) is 0. The molecule has 0 radical (unpaired) electrons. The molecule has 0 spiro atoms. The third-order valence-corrected chi connectivity index (χ3v) is 5.08. The lowest BCUT2D eigenvalue weighted by atomic mass is 10.2. The van der Waals surface area contributed by atoms with E-state index < -0.39 is 10.0 Å². The van der Waals surface area contributed by atoms with Crippen molar-refractivity contribution in [3.63, 3.8) is 0 Å². The van der Waals surface area contributed by atoms with E-state index in [-0.39, 0.29) is 17.5 Å². The molecule has 100 valence electrons. The molecule has 0 saturated carbocycles. The number of aliphatic hydroxyl groups excluding tert-OH is 1. The molecule has 1 unspecified atom stereocenters. The van der Waals surface area contributed by atoms with Crippen LogP contribution in [0.15, 0.2) is 23.2 Å². The Morgan fingerprint density at radius 2 is 2.39 bits per heavy atom. The molecular weight excluding hydrogens is 254 g/mol. The van der Waals surface area contributed by atoms with Crippen LogP contribution in [0.1, 0.15) is 12.8 Å². The Bertz CT molecular complexity index is 518. The maximum absolute atomic E-state index is 12.4. The largest absolute Gasteiger partial charge is 0.395 e. The highest BCUT2D eigenvalue weighted by Gasteiger charge is 2.34. The summed E-state index contributed by atoms with van der Waals surface area (Å²) in [6, 6.07) is 2.67. The van der Waals surface area contributed by atoms with Crippen molar-refractivity contribution in [2.24, 2.45) is 0 Å². The zero-order valence-corrected chi connectivity index (χ0v) is 11.0. The fraction of sp³-hybridized carbons (Fsp3) is 0.545. The smallest absolute Gasteiger partial charge is 0.243 e. The van der Waals surface area contributed by atoms with Crippen molar-refractivity contribution in [2.75, 3.05) is 25.5 Å². The molecule has 1 aliphatic rings. The fourth-order valence-corrected chi connectivity index (χ4v) is 3.85. The van der Waals surface area contributed by atoms with Crippen LogP contribution in [0.4, 0.5) is 5.82 Å². The molecule has 18 heavy (non-hydrogen) atoms. The van der Waals surface area contributed by atoms with Crippen molar-refractivity contribution < 1.29 is 13.5 Å². The number of nitrogens with zero attached hydrogens (tertiary/aromatic N) is 2. The van der Waals surface area contributed by atoms with Crippen LogP contribution in [0.3, 0.4) is 0 Å². The van der Waals surface area contributed by atoms with Crippen LogP contribution in [0.5, 0.6) is 0 Å². The third kappa shape index (κ3) is 2.33. The molecule has 1 atom stereocenters. The van der Waals surface area contributed by atoms with E-state index in [1.165, 1.54) is 22.6 Å². The van der Waals surface area contributed by atoms with Crippen molar-refractivity contribution in [1.82, 2.24) is 9.29 Å². The Kier molecular flexibility index (Phi) is 3.84. The maximum atomic E-state index is 12.4. The SMILES string of the molecule is CNc1cc(S(=O)(=O)N2CCCC2CO)ccn1. The van der Waals surface area contributed by atoms with Gasteiger partial charge in [-0.25, -0.2) is 13.4 Å². The van der Waals surface area contributed by atoms with Crippen molar-refractivity contribution in [2.45, 2.75) is 23.8 Å². The summed E-state index contributed by atoms with van der Waals surface area (Å²) in [6.07, 6.45) is 2.96. The molecule has 1 aliphatic heterocycles. The normalized spacial score (nSPS) is 21.1. The first-order valence-electron chi connectivity index (χ1n) is 5.86. The Labute approximate surface area is 107 Å². The number of rotatable bonds is 4. The van der Waals surface area contributed by atoms with Gasteiger partial charge in [0.1, 0.15) is 5.82 Å². The lowest BCUT2D eigenvalue weighted by molar-refractivity contribution is 0.213. The molecule has 2 heterocycles.